The van der Waals surface area contributed by atoms with Crippen molar-refractivity contribution in [2.45, 2.75) is 52.7 Å². The van der Waals surface area contributed by atoms with Crippen LogP contribution in [0.5, 0.6) is 5.75 Å². The number of hydrogen-bond donors (Lipinski definition) is 1. The number of carbonyl (C=O) groups is 1. The number of halogens is 1. The lowest BCUT2D eigenvalue weighted by Crippen LogP contribution is -2.36. The van der Waals surface area contributed by atoms with Gasteiger partial charge in [0.05, 0.1) is 17.9 Å². The summed E-state index contributed by atoms with van der Waals surface area (Å²) in [6, 6.07) is 13.8. The molecule has 2 aromatic carbocycles. The molecule has 1 amide bonds. The molecule has 6 heteroatoms. The number of nitrogens with zero attached hydrogens (tertiary/aromatic N) is 2. The first kappa shape index (κ1) is 22.4. The minimum absolute atomic E-state index is 0.102. The van der Waals surface area contributed by atoms with Gasteiger partial charge in [-0.25, -0.2) is 14.4 Å². The van der Waals surface area contributed by atoms with Crippen LogP contribution in [0.4, 0.5) is 4.39 Å². The molecule has 0 spiro atoms. The third kappa shape index (κ3) is 5.87. The van der Waals surface area contributed by atoms with Crippen LogP contribution in [0, 0.1) is 12.7 Å². The van der Waals surface area contributed by atoms with E-state index in [0.29, 0.717) is 17.1 Å². The molecule has 1 N–H and O–H groups in total. The minimum atomic E-state index is -0.665. The Labute approximate surface area is 182 Å². The van der Waals surface area contributed by atoms with Crippen molar-refractivity contribution < 1.29 is 13.9 Å². The van der Waals surface area contributed by atoms with Crippen LogP contribution in [0.15, 0.2) is 54.9 Å². The molecule has 0 saturated carbocycles. The molecule has 0 radical (unpaired) electrons. The zero-order valence-electron chi connectivity index (χ0n) is 18.6. The lowest BCUT2D eigenvalue weighted by atomic mass is 9.85. The summed E-state index contributed by atoms with van der Waals surface area (Å²) in [6.07, 6.45) is 0.768. The topological polar surface area (TPSA) is 64.1 Å². The zero-order chi connectivity index (χ0) is 22.6. The smallest absolute Gasteiger partial charge is 0.261 e. The van der Waals surface area contributed by atoms with Gasteiger partial charge in [0.1, 0.15) is 17.9 Å². The van der Waals surface area contributed by atoms with E-state index in [-0.39, 0.29) is 23.7 Å². The van der Waals surface area contributed by atoms with E-state index >= 15 is 0 Å². The molecule has 1 heterocycles. The van der Waals surface area contributed by atoms with E-state index in [9.17, 15) is 9.18 Å². The van der Waals surface area contributed by atoms with E-state index in [1.54, 1.807) is 25.1 Å². The minimum Gasteiger partial charge on any atom is -0.481 e. The highest BCUT2D eigenvalue weighted by atomic mass is 19.1. The average molecular weight is 422 g/mol. The van der Waals surface area contributed by atoms with Crippen molar-refractivity contribution >= 4 is 5.91 Å². The molecule has 3 aromatic rings. The third-order valence-electron chi connectivity index (χ3n) is 4.92. The fraction of sp³-hybridized carbons (Fsp3) is 0.320. The van der Waals surface area contributed by atoms with E-state index < -0.39 is 6.10 Å². The molecule has 1 aromatic heterocycles. The van der Waals surface area contributed by atoms with Crippen molar-refractivity contribution in [2.75, 3.05) is 0 Å². The molecule has 162 valence electrons. The van der Waals surface area contributed by atoms with Gasteiger partial charge in [0, 0.05) is 5.56 Å². The number of amides is 1. The molecule has 3 rings (SSSR count). The summed E-state index contributed by atoms with van der Waals surface area (Å²) in [7, 11) is 0. The quantitative estimate of drug-likeness (QED) is 0.610. The number of hydrogen-bond acceptors (Lipinski definition) is 4. The third-order valence-corrected chi connectivity index (χ3v) is 4.92. The molecule has 0 bridgehead atoms. The number of nitrogens with one attached hydrogen (secondary N) is 1. The van der Waals surface area contributed by atoms with Gasteiger partial charge in [-0.15, -0.1) is 0 Å². The molecule has 5 nitrogen and oxygen atoms in total. The van der Waals surface area contributed by atoms with Gasteiger partial charge < -0.3 is 10.1 Å². The maximum absolute atomic E-state index is 13.1. The number of ether oxygens (including phenoxy) is 1. The van der Waals surface area contributed by atoms with Crippen molar-refractivity contribution in [2.24, 2.45) is 0 Å². The Kier molecular flexibility index (Phi) is 6.68. The number of carbonyl (C=O) groups excluding carboxylic acids is 1. The van der Waals surface area contributed by atoms with Crippen LogP contribution in [0.3, 0.4) is 0 Å². The van der Waals surface area contributed by atoms with E-state index in [1.807, 2.05) is 19.1 Å². The molecule has 0 fully saturated rings. The van der Waals surface area contributed by atoms with Crippen LogP contribution in [-0.4, -0.2) is 22.0 Å². The Morgan fingerprint density at radius 3 is 2.48 bits per heavy atom. The standard InChI is InChI=1S/C25H28FN3O2/c1-16-6-11-23(21(12-16)25(3,4)5)31-17(2)24(30)27-14-20-13-22(29-15-28-20)18-7-9-19(26)10-8-18/h6-13,15,17H,14H2,1-5H3,(H,27,30). The lowest BCUT2D eigenvalue weighted by molar-refractivity contribution is -0.127. The SMILES string of the molecule is Cc1ccc(OC(C)C(=O)NCc2cc(-c3ccc(F)cc3)ncn2)c(C(C)(C)C)c1. The monoisotopic (exact) mass is 421 g/mol. The van der Waals surface area contributed by atoms with Gasteiger partial charge in [0.25, 0.3) is 5.91 Å². The normalized spacial score (nSPS) is 12.3. The maximum atomic E-state index is 13.1. The highest BCUT2D eigenvalue weighted by molar-refractivity contribution is 5.80. The summed E-state index contributed by atoms with van der Waals surface area (Å²) in [5.41, 5.74) is 4.21. The van der Waals surface area contributed by atoms with E-state index in [0.717, 1.165) is 16.7 Å². The first-order chi connectivity index (χ1) is 14.6. The predicted octanol–water partition coefficient (Wildman–Crippen LogP) is 4.97. The van der Waals surface area contributed by atoms with Crippen LogP contribution in [0.2, 0.25) is 0 Å². The summed E-state index contributed by atoms with van der Waals surface area (Å²) in [4.78, 5) is 21.1. The second-order valence-corrected chi connectivity index (χ2v) is 8.63. The van der Waals surface area contributed by atoms with E-state index in [1.165, 1.54) is 18.5 Å². The zero-order valence-corrected chi connectivity index (χ0v) is 18.6. The Morgan fingerprint density at radius 2 is 1.81 bits per heavy atom. The molecule has 0 aliphatic heterocycles. The molecule has 0 aliphatic carbocycles. The molecule has 1 unspecified atom stereocenters. The molecular weight excluding hydrogens is 393 g/mol. The fourth-order valence-electron chi connectivity index (χ4n) is 3.17. The van der Waals surface area contributed by atoms with Crippen LogP contribution in [-0.2, 0) is 16.8 Å². The van der Waals surface area contributed by atoms with Crippen molar-refractivity contribution in [3.8, 4) is 17.0 Å². The van der Waals surface area contributed by atoms with Crippen LogP contribution in [0.25, 0.3) is 11.3 Å². The van der Waals surface area contributed by atoms with Crippen LogP contribution >= 0.6 is 0 Å². The Hall–Kier alpha value is -3.28. The second-order valence-electron chi connectivity index (χ2n) is 8.63. The van der Waals surface area contributed by atoms with Crippen LogP contribution < -0.4 is 10.1 Å². The lowest BCUT2D eigenvalue weighted by Gasteiger charge is -2.25. The van der Waals surface area contributed by atoms with Gasteiger partial charge in [-0.1, -0.05) is 38.5 Å². The molecule has 0 saturated heterocycles. The largest absolute Gasteiger partial charge is 0.481 e. The van der Waals surface area contributed by atoms with Gasteiger partial charge in [-0.05, 0) is 61.2 Å². The Balaban J connectivity index is 1.65. The summed E-state index contributed by atoms with van der Waals surface area (Å²) in [5.74, 6) is 0.172. The van der Waals surface area contributed by atoms with Crippen molar-refractivity contribution in [1.29, 1.82) is 0 Å². The molecule has 0 aliphatic rings. The van der Waals surface area contributed by atoms with Crippen molar-refractivity contribution in [3.05, 3.63) is 77.5 Å². The summed E-state index contributed by atoms with van der Waals surface area (Å²) in [6.45, 7) is 10.4. The number of aryl methyl sites for hydroxylation is 1. The van der Waals surface area contributed by atoms with Gasteiger partial charge in [0.2, 0.25) is 0 Å². The first-order valence-electron chi connectivity index (χ1n) is 10.3. The highest BCUT2D eigenvalue weighted by Gasteiger charge is 2.22. The summed E-state index contributed by atoms with van der Waals surface area (Å²) >= 11 is 0. The summed E-state index contributed by atoms with van der Waals surface area (Å²) in [5, 5.41) is 2.86. The Bertz CT molecular complexity index is 1060. The van der Waals surface area contributed by atoms with E-state index in [4.69, 9.17) is 4.74 Å². The van der Waals surface area contributed by atoms with Crippen molar-refractivity contribution in [1.82, 2.24) is 15.3 Å². The average Bonchev–Trinajstić information content (AvgIpc) is 2.73. The molecular formula is C25H28FN3O2. The summed E-state index contributed by atoms with van der Waals surface area (Å²) < 4.78 is 19.1. The fourth-order valence-corrected chi connectivity index (χ4v) is 3.17. The molecule has 1 atom stereocenters. The van der Waals surface area contributed by atoms with Gasteiger partial charge in [-0.2, -0.15) is 0 Å². The van der Waals surface area contributed by atoms with Crippen LogP contribution in [0.1, 0.15) is 44.5 Å². The predicted molar refractivity (Wildman–Crippen MR) is 119 cm³/mol. The van der Waals surface area contributed by atoms with E-state index in [2.05, 4.69) is 42.1 Å². The highest BCUT2D eigenvalue weighted by Crippen LogP contribution is 2.32. The Morgan fingerprint density at radius 1 is 1.10 bits per heavy atom. The van der Waals surface area contributed by atoms with Gasteiger partial charge in [0.15, 0.2) is 6.10 Å². The number of benzene rings is 2. The number of aromatic nitrogens is 2. The first-order valence-corrected chi connectivity index (χ1v) is 10.3. The van der Waals surface area contributed by atoms with Gasteiger partial charge >= 0.3 is 0 Å². The van der Waals surface area contributed by atoms with Gasteiger partial charge in [-0.3, -0.25) is 4.79 Å². The number of rotatable bonds is 6. The second kappa shape index (κ2) is 9.25. The maximum Gasteiger partial charge on any atom is 0.261 e. The molecule has 31 heavy (non-hydrogen) atoms. The van der Waals surface area contributed by atoms with Crippen molar-refractivity contribution in [3.63, 3.8) is 0 Å².